The average molecular weight is 238 g/mol. The van der Waals surface area contributed by atoms with Gasteiger partial charge < -0.3 is 11.1 Å². The maximum Gasteiger partial charge on any atom is 0.237 e. The average Bonchev–Trinajstić information content (AvgIpc) is 2.79. The van der Waals surface area contributed by atoms with Crippen LogP contribution >= 0.6 is 0 Å². The van der Waals surface area contributed by atoms with Crippen LogP contribution in [-0.2, 0) is 11.3 Å². The van der Waals surface area contributed by atoms with Gasteiger partial charge in [0.1, 0.15) is 0 Å². The first-order valence-electron chi connectivity index (χ1n) is 6.11. The smallest absolute Gasteiger partial charge is 0.237 e. The third-order valence-electron chi connectivity index (χ3n) is 2.93. The topological polar surface area (TPSA) is 72.9 Å². The van der Waals surface area contributed by atoms with E-state index in [1.165, 1.54) is 0 Å². The van der Waals surface area contributed by atoms with Crippen LogP contribution in [0.25, 0.3) is 0 Å². The third-order valence-corrected chi connectivity index (χ3v) is 2.93. The number of hydrogen-bond acceptors (Lipinski definition) is 3. The Hall–Kier alpha value is -1.36. The van der Waals surface area contributed by atoms with Gasteiger partial charge in [-0.15, -0.1) is 0 Å². The molecule has 17 heavy (non-hydrogen) atoms. The minimum absolute atomic E-state index is 0.286. The minimum Gasteiger partial charge on any atom is -0.368 e. The van der Waals surface area contributed by atoms with Crippen molar-refractivity contribution in [3.63, 3.8) is 0 Å². The zero-order valence-electron chi connectivity index (χ0n) is 10.6. The molecule has 1 amide bonds. The number of aryl methyl sites for hydroxylation is 1. The summed E-state index contributed by atoms with van der Waals surface area (Å²) < 4.78 is 1.86. The van der Waals surface area contributed by atoms with Crippen LogP contribution in [0.4, 0.5) is 0 Å². The second-order valence-electron chi connectivity index (χ2n) is 4.50. The molecule has 0 radical (unpaired) electrons. The quantitative estimate of drug-likeness (QED) is 0.707. The molecule has 0 aromatic carbocycles. The van der Waals surface area contributed by atoms with Crippen LogP contribution in [0.1, 0.15) is 33.1 Å². The van der Waals surface area contributed by atoms with Crippen molar-refractivity contribution in [3.05, 3.63) is 18.5 Å². The van der Waals surface area contributed by atoms with Crippen LogP contribution in [0, 0.1) is 0 Å². The van der Waals surface area contributed by atoms with E-state index in [-0.39, 0.29) is 5.91 Å². The van der Waals surface area contributed by atoms with Gasteiger partial charge in [0.2, 0.25) is 5.91 Å². The molecular weight excluding hydrogens is 216 g/mol. The van der Waals surface area contributed by atoms with Gasteiger partial charge in [-0.2, -0.15) is 5.10 Å². The van der Waals surface area contributed by atoms with E-state index >= 15 is 0 Å². The van der Waals surface area contributed by atoms with Gasteiger partial charge in [0, 0.05) is 18.9 Å². The highest BCUT2D eigenvalue weighted by Gasteiger charge is 2.29. The van der Waals surface area contributed by atoms with Crippen LogP contribution in [-0.4, -0.2) is 27.8 Å². The summed E-state index contributed by atoms with van der Waals surface area (Å²) in [6.45, 7) is 5.55. The fourth-order valence-electron chi connectivity index (χ4n) is 1.73. The molecule has 1 aromatic heterocycles. The number of primary amides is 1. The first-order valence-corrected chi connectivity index (χ1v) is 6.11. The molecule has 1 aromatic rings. The van der Waals surface area contributed by atoms with E-state index in [1.807, 2.05) is 23.9 Å². The molecule has 5 nitrogen and oxygen atoms in total. The number of nitrogens with two attached hydrogens (primary N) is 1. The Morgan fingerprint density at radius 1 is 1.59 bits per heavy atom. The third kappa shape index (κ3) is 4.19. The first kappa shape index (κ1) is 13.7. The van der Waals surface area contributed by atoms with E-state index in [2.05, 4.69) is 17.3 Å². The van der Waals surface area contributed by atoms with Crippen LogP contribution in [0.5, 0.6) is 0 Å². The molecule has 1 heterocycles. The maximum atomic E-state index is 11.5. The fourth-order valence-corrected chi connectivity index (χ4v) is 1.73. The Balaban J connectivity index is 2.41. The van der Waals surface area contributed by atoms with Crippen LogP contribution < -0.4 is 11.1 Å². The van der Waals surface area contributed by atoms with Gasteiger partial charge in [-0.25, -0.2) is 0 Å². The Morgan fingerprint density at radius 2 is 2.35 bits per heavy atom. The number of amides is 1. The van der Waals surface area contributed by atoms with Crippen molar-refractivity contribution in [2.75, 3.05) is 6.54 Å². The predicted octanol–water partition coefficient (Wildman–Crippen LogP) is 0.907. The summed E-state index contributed by atoms with van der Waals surface area (Å²) in [5, 5.41) is 7.34. The number of nitrogens with zero attached hydrogens (tertiary/aromatic N) is 2. The van der Waals surface area contributed by atoms with Gasteiger partial charge in [0.15, 0.2) is 0 Å². The normalized spacial score (nSPS) is 14.5. The van der Waals surface area contributed by atoms with Crippen molar-refractivity contribution in [1.29, 1.82) is 0 Å². The zero-order chi connectivity index (χ0) is 12.7. The SMILES string of the molecule is CCCNC(C)(CCCn1cccn1)C(N)=O. The molecule has 1 atom stereocenters. The Bertz CT molecular complexity index is 336. The maximum absolute atomic E-state index is 11.5. The monoisotopic (exact) mass is 238 g/mol. The first-order chi connectivity index (χ1) is 8.08. The number of rotatable bonds is 8. The fraction of sp³-hybridized carbons (Fsp3) is 0.667. The molecule has 0 saturated heterocycles. The molecule has 3 N–H and O–H groups in total. The highest BCUT2D eigenvalue weighted by Crippen LogP contribution is 2.12. The summed E-state index contributed by atoms with van der Waals surface area (Å²) in [6, 6.07) is 1.89. The molecule has 0 aliphatic heterocycles. The molecule has 0 aliphatic carbocycles. The largest absolute Gasteiger partial charge is 0.368 e. The number of nitrogens with one attached hydrogen (secondary N) is 1. The molecule has 1 rings (SSSR count). The number of carbonyl (C=O) groups excluding carboxylic acids is 1. The van der Waals surface area contributed by atoms with E-state index in [1.54, 1.807) is 6.20 Å². The molecule has 5 heteroatoms. The lowest BCUT2D eigenvalue weighted by Gasteiger charge is -2.27. The molecule has 0 aliphatic rings. The Morgan fingerprint density at radius 3 is 2.88 bits per heavy atom. The van der Waals surface area contributed by atoms with Crippen molar-refractivity contribution in [2.24, 2.45) is 5.73 Å². The summed E-state index contributed by atoms with van der Waals surface area (Å²) in [7, 11) is 0. The molecule has 1 unspecified atom stereocenters. The summed E-state index contributed by atoms with van der Waals surface area (Å²) >= 11 is 0. The summed E-state index contributed by atoms with van der Waals surface area (Å²) in [5.74, 6) is -0.286. The van der Waals surface area contributed by atoms with Crippen molar-refractivity contribution in [3.8, 4) is 0 Å². The van der Waals surface area contributed by atoms with Crippen molar-refractivity contribution >= 4 is 5.91 Å². The van der Waals surface area contributed by atoms with Crippen molar-refractivity contribution in [2.45, 2.75) is 45.2 Å². The van der Waals surface area contributed by atoms with E-state index in [9.17, 15) is 4.79 Å². The zero-order valence-corrected chi connectivity index (χ0v) is 10.6. The molecule has 0 fully saturated rings. The summed E-state index contributed by atoms with van der Waals surface area (Å²) in [4.78, 5) is 11.5. The number of carbonyl (C=O) groups is 1. The minimum atomic E-state index is -0.608. The van der Waals surface area contributed by atoms with Gasteiger partial charge in [0.25, 0.3) is 0 Å². The Labute approximate surface area is 102 Å². The second kappa shape index (κ2) is 6.39. The highest BCUT2D eigenvalue weighted by atomic mass is 16.1. The Kier molecular flexibility index (Phi) is 5.15. The standard InChI is InChI=1S/C12H22N4O/c1-3-7-14-12(2,11(13)17)6-4-9-16-10-5-8-15-16/h5,8,10,14H,3-4,6-7,9H2,1-2H3,(H2,13,17). The van der Waals surface area contributed by atoms with Crippen LogP contribution in [0.2, 0.25) is 0 Å². The predicted molar refractivity (Wildman–Crippen MR) is 67.4 cm³/mol. The summed E-state index contributed by atoms with van der Waals surface area (Å²) in [6.07, 6.45) is 6.26. The second-order valence-corrected chi connectivity index (χ2v) is 4.50. The highest BCUT2D eigenvalue weighted by molar-refractivity contribution is 5.84. The van der Waals surface area contributed by atoms with Crippen molar-refractivity contribution < 1.29 is 4.79 Å². The number of aromatic nitrogens is 2. The number of hydrogen-bond donors (Lipinski definition) is 2. The van der Waals surface area contributed by atoms with Gasteiger partial charge in [-0.3, -0.25) is 9.48 Å². The molecule has 0 spiro atoms. The lowest BCUT2D eigenvalue weighted by Crippen LogP contribution is -2.53. The molecule has 0 bridgehead atoms. The lowest BCUT2D eigenvalue weighted by molar-refractivity contribution is -0.124. The lowest BCUT2D eigenvalue weighted by atomic mass is 9.94. The van der Waals surface area contributed by atoms with Gasteiger partial charge in [0.05, 0.1) is 5.54 Å². The molecule has 96 valence electrons. The van der Waals surface area contributed by atoms with Crippen LogP contribution in [0.3, 0.4) is 0 Å². The molecular formula is C12H22N4O. The van der Waals surface area contributed by atoms with E-state index in [0.29, 0.717) is 0 Å². The van der Waals surface area contributed by atoms with Gasteiger partial charge >= 0.3 is 0 Å². The van der Waals surface area contributed by atoms with E-state index < -0.39 is 5.54 Å². The van der Waals surface area contributed by atoms with Crippen LogP contribution in [0.15, 0.2) is 18.5 Å². The summed E-state index contributed by atoms with van der Waals surface area (Å²) in [5.41, 5.74) is 4.84. The molecule has 0 saturated carbocycles. The van der Waals surface area contributed by atoms with Gasteiger partial charge in [-0.1, -0.05) is 6.92 Å². The van der Waals surface area contributed by atoms with Gasteiger partial charge in [-0.05, 0) is 38.8 Å². The van der Waals surface area contributed by atoms with E-state index in [0.717, 1.165) is 32.4 Å². The van der Waals surface area contributed by atoms with E-state index in [4.69, 9.17) is 5.73 Å². The van der Waals surface area contributed by atoms with Crippen molar-refractivity contribution in [1.82, 2.24) is 15.1 Å².